The maximum Gasteiger partial charge on any atom is 0.137 e. The van der Waals surface area contributed by atoms with E-state index in [-0.39, 0.29) is 5.41 Å². The Morgan fingerprint density at radius 1 is 1.05 bits per heavy atom. The van der Waals surface area contributed by atoms with E-state index in [4.69, 9.17) is 22.1 Å². The van der Waals surface area contributed by atoms with Crippen LogP contribution in [0, 0.1) is 5.41 Å². The predicted octanol–water partition coefficient (Wildman–Crippen LogP) is 4.98. The molecular formula is C17H27O2S. The second-order valence-electron chi connectivity index (χ2n) is 7.12. The van der Waals surface area contributed by atoms with Crippen molar-refractivity contribution in [2.75, 3.05) is 20.3 Å². The van der Waals surface area contributed by atoms with Gasteiger partial charge in [-0.05, 0) is 34.9 Å². The van der Waals surface area contributed by atoms with E-state index >= 15 is 0 Å². The molecule has 0 atom stereocenters. The van der Waals surface area contributed by atoms with Crippen LogP contribution in [0.1, 0.15) is 46.6 Å². The van der Waals surface area contributed by atoms with E-state index in [1.54, 1.807) is 7.11 Å². The van der Waals surface area contributed by atoms with Gasteiger partial charge in [-0.1, -0.05) is 53.3 Å². The first-order valence-corrected chi connectivity index (χ1v) is 7.50. The molecule has 0 aromatic heterocycles. The van der Waals surface area contributed by atoms with Crippen molar-refractivity contribution < 1.29 is 9.47 Å². The van der Waals surface area contributed by atoms with Crippen LogP contribution in [-0.4, -0.2) is 20.3 Å². The fourth-order valence-electron chi connectivity index (χ4n) is 2.71. The normalized spacial score (nSPS) is 12.5. The highest BCUT2D eigenvalue weighted by Gasteiger charge is 2.27. The molecule has 113 valence electrons. The third-order valence-corrected chi connectivity index (χ3v) is 3.56. The number of benzene rings is 1. The van der Waals surface area contributed by atoms with Crippen molar-refractivity contribution in [3.8, 4) is 5.75 Å². The van der Waals surface area contributed by atoms with Gasteiger partial charge in [-0.15, -0.1) is 0 Å². The number of methoxy groups -OCH3 is 1. The van der Waals surface area contributed by atoms with Crippen LogP contribution in [0.2, 0.25) is 0 Å². The fourth-order valence-corrected chi connectivity index (χ4v) is 2.97. The number of hydrogen-bond donors (Lipinski definition) is 0. The van der Waals surface area contributed by atoms with Gasteiger partial charge in [0.1, 0.15) is 12.4 Å². The van der Waals surface area contributed by atoms with Crippen LogP contribution in [0.4, 0.5) is 0 Å². The Balaban J connectivity index is 2.85. The maximum atomic E-state index is 5.62. The molecule has 1 aromatic rings. The lowest BCUT2D eigenvalue weighted by atomic mass is 9.72. The number of ether oxygens (including phenoxy) is 2. The Hall–Kier alpha value is -0.800. The van der Waals surface area contributed by atoms with E-state index in [9.17, 15) is 0 Å². The van der Waals surface area contributed by atoms with E-state index in [1.807, 2.05) is 6.07 Å². The van der Waals surface area contributed by atoms with Crippen molar-refractivity contribution in [2.24, 2.45) is 5.41 Å². The van der Waals surface area contributed by atoms with Crippen LogP contribution in [0.15, 0.2) is 23.1 Å². The second-order valence-corrected chi connectivity index (χ2v) is 7.56. The molecule has 0 N–H and O–H groups in total. The summed E-state index contributed by atoms with van der Waals surface area (Å²) in [6.45, 7) is 12.5. The van der Waals surface area contributed by atoms with Crippen LogP contribution >= 0.6 is 12.6 Å². The second kappa shape index (κ2) is 6.77. The summed E-state index contributed by atoms with van der Waals surface area (Å²) in [5, 5.41) is 0. The number of rotatable bonds is 6. The number of hydrogen-bond acceptors (Lipinski definition) is 2. The Kier molecular flexibility index (Phi) is 5.84. The maximum absolute atomic E-state index is 5.62. The highest BCUT2D eigenvalue weighted by atomic mass is 32.1. The Morgan fingerprint density at radius 3 is 2.20 bits per heavy atom. The van der Waals surface area contributed by atoms with Gasteiger partial charge >= 0.3 is 0 Å². The van der Waals surface area contributed by atoms with Gasteiger partial charge < -0.3 is 9.47 Å². The highest BCUT2D eigenvalue weighted by Crippen LogP contribution is 2.38. The summed E-state index contributed by atoms with van der Waals surface area (Å²) in [6.07, 6.45) is 1.11. The zero-order chi connectivity index (χ0) is 15.4. The predicted molar refractivity (Wildman–Crippen MR) is 86.8 cm³/mol. The molecule has 0 amide bonds. The van der Waals surface area contributed by atoms with E-state index in [2.05, 4.69) is 46.8 Å². The highest BCUT2D eigenvalue weighted by molar-refractivity contribution is 7.80. The summed E-state index contributed by atoms with van der Waals surface area (Å²) in [6, 6.07) is 6.19. The van der Waals surface area contributed by atoms with E-state index in [1.165, 1.54) is 5.56 Å². The summed E-state index contributed by atoms with van der Waals surface area (Å²) in [4.78, 5) is 0.778. The molecule has 0 aliphatic heterocycles. The average molecular weight is 295 g/mol. The molecule has 1 radical (unpaired) electrons. The van der Waals surface area contributed by atoms with Gasteiger partial charge in [-0.3, -0.25) is 0 Å². The molecule has 0 bridgehead atoms. The topological polar surface area (TPSA) is 18.5 Å². The third-order valence-electron chi connectivity index (χ3n) is 3.24. The molecule has 2 nitrogen and oxygen atoms in total. The van der Waals surface area contributed by atoms with Gasteiger partial charge in [0.2, 0.25) is 0 Å². The van der Waals surface area contributed by atoms with Crippen LogP contribution in [0.25, 0.3) is 0 Å². The van der Waals surface area contributed by atoms with E-state index in [0.29, 0.717) is 18.6 Å². The van der Waals surface area contributed by atoms with Crippen LogP contribution in [0.3, 0.4) is 0 Å². The average Bonchev–Trinajstić information content (AvgIpc) is 2.28. The Bertz CT molecular complexity index is 433. The SMILES string of the molecule is COCCOc1ccc(C(C)(C)CC(C)(C)C)cc1[S]. The largest absolute Gasteiger partial charge is 0.490 e. The molecule has 20 heavy (non-hydrogen) atoms. The van der Waals surface area contributed by atoms with E-state index in [0.717, 1.165) is 17.1 Å². The molecule has 0 unspecified atom stereocenters. The first-order chi connectivity index (χ1) is 9.15. The van der Waals surface area contributed by atoms with Gasteiger partial charge in [0.25, 0.3) is 0 Å². The fraction of sp³-hybridized carbons (Fsp3) is 0.647. The third kappa shape index (κ3) is 5.29. The van der Waals surface area contributed by atoms with E-state index < -0.39 is 0 Å². The zero-order valence-electron chi connectivity index (χ0n) is 13.6. The molecular weight excluding hydrogens is 268 g/mol. The molecule has 0 heterocycles. The summed E-state index contributed by atoms with van der Waals surface area (Å²) in [5.41, 5.74) is 1.67. The first kappa shape index (κ1) is 17.3. The molecule has 0 aliphatic rings. The molecule has 3 heteroatoms. The summed E-state index contributed by atoms with van der Waals surface area (Å²) < 4.78 is 10.6. The molecule has 0 saturated heterocycles. The first-order valence-electron chi connectivity index (χ1n) is 7.09. The summed E-state index contributed by atoms with van der Waals surface area (Å²) >= 11 is 5.43. The zero-order valence-corrected chi connectivity index (χ0v) is 14.4. The van der Waals surface area contributed by atoms with Gasteiger partial charge in [-0.25, -0.2) is 0 Å². The minimum absolute atomic E-state index is 0.108. The monoisotopic (exact) mass is 295 g/mol. The lowest BCUT2D eigenvalue weighted by Crippen LogP contribution is -2.24. The Labute approximate surface area is 129 Å². The van der Waals surface area contributed by atoms with Crippen LogP contribution in [-0.2, 0) is 10.2 Å². The Morgan fingerprint density at radius 2 is 1.70 bits per heavy atom. The van der Waals surface area contributed by atoms with Gasteiger partial charge in [0.15, 0.2) is 0 Å². The lowest BCUT2D eigenvalue weighted by Gasteiger charge is -2.33. The van der Waals surface area contributed by atoms with Crippen LogP contribution < -0.4 is 4.74 Å². The molecule has 0 fully saturated rings. The minimum atomic E-state index is 0.108. The smallest absolute Gasteiger partial charge is 0.137 e. The standard InChI is InChI=1S/C17H27O2S/c1-16(2,3)12-17(4,5)13-7-8-14(15(20)11-13)19-10-9-18-6/h7-8,11H,9-10,12H2,1-6H3. The van der Waals surface area contributed by atoms with Crippen molar-refractivity contribution in [3.63, 3.8) is 0 Å². The molecule has 1 rings (SSSR count). The quantitative estimate of drug-likeness (QED) is 0.689. The van der Waals surface area contributed by atoms with Crippen molar-refractivity contribution in [2.45, 2.75) is 51.3 Å². The lowest BCUT2D eigenvalue weighted by molar-refractivity contribution is 0.145. The van der Waals surface area contributed by atoms with Crippen molar-refractivity contribution in [1.29, 1.82) is 0 Å². The van der Waals surface area contributed by atoms with Crippen molar-refractivity contribution >= 4 is 12.6 Å². The van der Waals surface area contributed by atoms with Crippen LogP contribution in [0.5, 0.6) is 5.75 Å². The van der Waals surface area contributed by atoms with Crippen molar-refractivity contribution in [3.05, 3.63) is 23.8 Å². The summed E-state index contributed by atoms with van der Waals surface area (Å²) in [5.74, 6) is 0.771. The molecule has 0 spiro atoms. The van der Waals surface area contributed by atoms with Gasteiger partial charge in [-0.2, -0.15) is 0 Å². The minimum Gasteiger partial charge on any atom is -0.490 e. The molecule has 0 saturated carbocycles. The molecule has 1 aromatic carbocycles. The van der Waals surface area contributed by atoms with Gasteiger partial charge in [0, 0.05) is 7.11 Å². The van der Waals surface area contributed by atoms with Crippen molar-refractivity contribution in [1.82, 2.24) is 0 Å². The summed E-state index contributed by atoms with van der Waals surface area (Å²) in [7, 11) is 1.66. The van der Waals surface area contributed by atoms with Gasteiger partial charge in [0.05, 0.1) is 11.5 Å². The molecule has 0 aliphatic carbocycles.